The lowest BCUT2D eigenvalue weighted by Crippen LogP contribution is -2.47. The van der Waals surface area contributed by atoms with E-state index in [1.54, 1.807) is 26.1 Å². The van der Waals surface area contributed by atoms with Crippen LogP contribution in [0, 0.1) is 23.2 Å². The number of benzene rings is 1. The molecule has 1 aromatic carbocycles. The van der Waals surface area contributed by atoms with Crippen molar-refractivity contribution in [2.24, 2.45) is 17.0 Å². The van der Waals surface area contributed by atoms with Crippen LogP contribution in [0.4, 0.5) is 19.0 Å². The van der Waals surface area contributed by atoms with Crippen LogP contribution in [0.5, 0.6) is 11.5 Å². The molecule has 0 spiro atoms. The minimum atomic E-state index is -4.49. The van der Waals surface area contributed by atoms with E-state index >= 15 is 0 Å². The van der Waals surface area contributed by atoms with Crippen LogP contribution in [0.3, 0.4) is 0 Å². The number of nitriles is 1. The fraction of sp³-hybridized carbons (Fsp3) is 0.435. The van der Waals surface area contributed by atoms with Gasteiger partial charge in [0, 0.05) is 31.1 Å². The number of aromatic nitrogens is 1. The predicted molar refractivity (Wildman–Crippen MR) is 113 cm³/mol. The number of hydrogen-bond donors (Lipinski definition) is 0. The number of anilines is 1. The molecule has 9 heteroatoms. The van der Waals surface area contributed by atoms with E-state index < -0.39 is 11.7 Å². The first-order chi connectivity index (χ1) is 15.2. The number of rotatable bonds is 5. The summed E-state index contributed by atoms with van der Waals surface area (Å²) in [5, 5.41) is 12.8. The Balaban J connectivity index is 1.53. The Bertz CT molecular complexity index is 1030. The zero-order valence-corrected chi connectivity index (χ0v) is 17.8. The molecule has 6 nitrogen and oxygen atoms in total. The Labute approximate surface area is 184 Å². The summed E-state index contributed by atoms with van der Waals surface area (Å²) in [5.74, 6) is 1.44. The van der Waals surface area contributed by atoms with Crippen molar-refractivity contribution in [3.63, 3.8) is 0 Å². The molecule has 1 saturated carbocycles. The van der Waals surface area contributed by atoms with Gasteiger partial charge >= 0.3 is 6.18 Å². The van der Waals surface area contributed by atoms with E-state index in [-0.39, 0.29) is 29.4 Å². The van der Waals surface area contributed by atoms with Gasteiger partial charge in [0.2, 0.25) is 0 Å². The van der Waals surface area contributed by atoms with Gasteiger partial charge in [-0.15, -0.1) is 0 Å². The normalized spacial score (nSPS) is 22.2. The molecule has 2 heterocycles. The highest BCUT2D eigenvalue weighted by molar-refractivity contribution is 5.78. The van der Waals surface area contributed by atoms with Crippen LogP contribution in [-0.4, -0.2) is 29.9 Å². The molecule has 4 rings (SSSR count). The maximum Gasteiger partial charge on any atom is 0.416 e. The summed E-state index contributed by atoms with van der Waals surface area (Å²) in [7, 11) is 0. The molecule has 0 N–H and O–H groups in total. The minimum Gasteiger partial charge on any atom is -0.486 e. The highest BCUT2D eigenvalue weighted by atomic mass is 19.4. The smallest absolute Gasteiger partial charge is 0.416 e. The van der Waals surface area contributed by atoms with E-state index in [9.17, 15) is 13.2 Å². The molecule has 1 saturated heterocycles. The van der Waals surface area contributed by atoms with Gasteiger partial charge in [0.15, 0.2) is 11.5 Å². The molecule has 1 aliphatic carbocycles. The summed E-state index contributed by atoms with van der Waals surface area (Å²) in [4.78, 5) is 11.9. The average Bonchev–Trinajstić information content (AvgIpc) is 2.99. The molecule has 0 radical (unpaired) electrons. The Hall–Kier alpha value is -3.28. The second kappa shape index (κ2) is 8.69. The third-order valence-electron chi connectivity index (χ3n) is 5.81. The summed E-state index contributed by atoms with van der Waals surface area (Å²) < 4.78 is 45.8. The van der Waals surface area contributed by atoms with Crippen LogP contribution in [-0.2, 0) is 6.18 Å². The molecule has 1 aromatic heterocycles. The Morgan fingerprint density at radius 2 is 1.84 bits per heavy atom. The van der Waals surface area contributed by atoms with Gasteiger partial charge in [-0.1, -0.05) is 5.16 Å². The standard InChI is InChI=1S/C23H23F3N4O2/c1-14(2)29-32-20-9-18(23(24,25)26)6-7-19(20)31-22-16-4-5-17(22)13-30(12-16)21-8-3-15(10-27)11-28-21/h3,6-9,11,16-17,22H,4-5,12-13H2,1-2H3. The van der Waals surface area contributed by atoms with Gasteiger partial charge in [-0.25, -0.2) is 4.98 Å². The molecule has 32 heavy (non-hydrogen) atoms. The summed E-state index contributed by atoms with van der Waals surface area (Å²) in [6, 6.07) is 8.89. The Morgan fingerprint density at radius 1 is 1.12 bits per heavy atom. The van der Waals surface area contributed by atoms with Crippen LogP contribution in [0.15, 0.2) is 41.7 Å². The SMILES string of the molecule is CC(C)=NOc1cc(C(F)(F)F)ccc1OC1C2CCC1CN(c1ccc(C#N)cn1)C2. The molecule has 0 amide bonds. The van der Waals surface area contributed by atoms with Crippen molar-refractivity contribution < 1.29 is 22.7 Å². The van der Waals surface area contributed by atoms with Crippen molar-refractivity contribution in [1.82, 2.24) is 4.98 Å². The molecule has 2 unspecified atom stereocenters. The number of alkyl halides is 3. The number of ether oxygens (including phenoxy) is 1. The predicted octanol–water partition coefficient (Wildman–Crippen LogP) is 5.04. The van der Waals surface area contributed by atoms with E-state index in [1.807, 2.05) is 6.07 Å². The highest BCUT2D eigenvalue weighted by Crippen LogP contribution is 2.43. The summed E-state index contributed by atoms with van der Waals surface area (Å²) >= 11 is 0. The van der Waals surface area contributed by atoms with Crippen LogP contribution in [0.2, 0.25) is 0 Å². The molecule has 2 atom stereocenters. The Morgan fingerprint density at radius 3 is 2.41 bits per heavy atom. The quantitative estimate of drug-likeness (QED) is 0.477. The first-order valence-corrected chi connectivity index (χ1v) is 10.4. The van der Waals surface area contributed by atoms with Crippen molar-refractivity contribution in [3.8, 4) is 17.6 Å². The fourth-order valence-corrected chi connectivity index (χ4v) is 4.33. The molecular formula is C23H23F3N4O2. The Kier molecular flexibility index (Phi) is 5.96. The van der Waals surface area contributed by atoms with Gasteiger partial charge in [0.25, 0.3) is 0 Å². The molecular weight excluding hydrogens is 421 g/mol. The van der Waals surface area contributed by atoms with Gasteiger partial charge in [-0.05, 0) is 57.0 Å². The van der Waals surface area contributed by atoms with Crippen LogP contribution in [0.25, 0.3) is 0 Å². The number of oxime groups is 1. The van der Waals surface area contributed by atoms with E-state index in [1.165, 1.54) is 6.07 Å². The number of halogens is 3. The van der Waals surface area contributed by atoms with Gasteiger partial charge in [-0.3, -0.25) is 0 Å². The first kappa shape index (κ1) is 21.9. The van der Waals surface area contributed by atoms with Crippen molar-refractivity contribution >= 4 is 11.5 Å². The largest absolute Gasteiger partial charge is 0.486 e. The molecule has 1 aliphatic heterocycles. The number of fused-ring (bicyclic) bond motifs is 2. The van der Waals surface area contributed by atoms with Gasteiger partial charge in [-0.2, -0.15) is 18.4 Å². The zero-order chi connectivity index (χ0) is 22.9. The third kappa shape index (κ3) is 4.64. The second-order valence-corrected chi connectivity index (χ2v) is 8.39. The third-order valence-corrected chi connectivity index (χ3v) is 5.81. The van der Waals surface area contributed by atoms with Crippen LogP contribution >= 0.6 is 0 Å². The maximum absolute atomic E-state index is 13.2. The first-order valence-electron chi connectivity index (χ1n) is 10.4. The van der Waals surface area contributed by atoms with Crippen molar-refractivity contribution in [1.29, 1.82) is 5.26 Å². The van der Waals surface area contributed by atoms with Crippen LogP contribution in [0.1, 0.15) is 37.8 Å². The number of pyridine rings is 1. The van der Waals surface area contributed by atoms with Gasteiger partial charge < -0.3 is 14.5 Å². The monoisotopic (exact) mass is 444 g/mol. The molecule has 2 aromatic rings. The average molecular weight is 444 g/mol. The minimum absolute atomic E-state index is 0.0448. The van der Waals surface area contributed by atoms with Gasteiger partial charge in [0.1, 0.15) is 18.0 Å². The maximum atomic E-state index is 13.2. The van der Waals surface area contributed by atoms with Crippen molar-refractivity contribution in [2.75, 3.05) is 18.0 Å². The van der Waals surface area contributed by atoms with Crippen molar-refractivity contribution in [2.45, 2.75) is 39.0 Å². The highest BCUT2D eigenvalue weighted by Gasteiger charge is 2.44. The zero-order valence-electron chi connectivity index (χ0n) is 17.8. The number of piperidine rings is 1. The van der Waals surface area contributed by atoms with E-state index in [2.05, 4.69) is 21.1 Å². The van der Waals surface area contributed by atoms with E-state index in [4.69, 9.17) is 14.8 Å². The summed E-state index contributed by atoms with van der Waals surface area (Å²) in [6.45, 7) is 4.84. The van der Waals surface area contributed by atoms with Crippen LogP contribution < -0.4 is 14.5 Å². The topological polar surface area (TPSA) is 70.7 Å². The molecule has 2 aliphatic rings. The van der Waals surface area contributed by atoms with Crippen molar-refractivity contribution in [3.05, 3.63) is 47.7 Å². The van der Waals surface area contributed by atoms with E-state index in [0.29, 0.717) is 11.3 Å². The molecule has 2 fully saturated rings. The molecule has 168 valence electrons. The number of hydrogen-bond acceptors (Lipinski definition) is 6. The lowest BCUT2D eigenvalue weighted by Gasteiger charge is -2.38. The summed E-state index contributed by atoms with van der Waals surface area (Å²) in [6.07, 6.45) is -1.13. The molecule has 2 bridgehead atoms. The van der Waals surface area contributed by atoms with Gasteiger partial charge in [0.05, 0.1) is 16.8 Å². The fourth-order valence-electron chi connectivity index (χ4n) is 4.33. The lowest BCUT2D eigenvalue weighted by molar-refractivity contribution is -0.137. The van der Waals surface area contributed by atoms with E-state index in [0.717, 1.165) is 43.9 Å². The summed E-state index contributed by atoms with van der Waals surface area (Å²) in [5.41, 5.74) is 0.278. The second-order valence-electron chi connectivity index (χ2n) is 8.39. The number of nitrogens with zero attached hydrogens (tertiary/aromatic N) is 4. The lowest BCUT2D eigenvalue weighted by atomic mass is 9.94.